The molecule has 1 aliphatic rings. The van der Waals surface area contributed by atoms with Gasteiger partial charge in [-0.25, -0.2) is 4.79 Å². The molecule has 0 spiro atoms. The second-order valence-corrected chi connectivity index (χ2v) is 4.42. The van der Waals surface area contributed by atoms with E-state index in [2.05, 4.69) is 5.32 Å². The van der Waals surface area contributed by atoms with Gasteiger partial charge in [-0.15, -0.1) is 0 Å². The topological polar surface area (TPSA) is 95.9 Å². The number of carbonyl (C=O) groups is 2. The van der Waals surface area contributed by atoms with Crippen molar-refractivity contribution in [3.05, 3.63) is 23.8 Å². The molecule has 1 aromatic rings. The molecule has 1 heterocycles. The third-order valence-electron chi connectivity index (χ3n) is 2.96. The number of hydrogen-bond acceptors (Lipinski definition) is 4. The van der Waals surface area contributed by atoms with Crippen LogP contribution in [0.1, 0.15) is 29.6 Å². The Bertz CT molecular complexity index is 494. The molecule has 0 saturated carbocycles. The summed E-state index contributed by atoms with van der Waals surface area (Å²) in [4.78, 5) is 22.4. The fourth-order valence-electron chi connectivity index (χ4n) is 1.98. The Balaban J connectivity index is 1.98. The maximum Gasteiger partial charge on any atom is 0.335 e. The third kappa shape index (κ3) is 3.45. The van der Waals surface area contributed by atoms with Gasteiger partial charge in [-0.3, -0.25) is 4.79 Å². The van der Waals surface area contributed by atoms with E-state index in [9.17, 15) is 14.7 Å². The number of carboxylic acids is 1. The van der Waals surface area contributed by atoms with Gasteiger partial charge >= 0.3 is 5.97 Å². The number of hydrogen-bond donors (Lipinski definition) is 3. The molecule has 1 amide bonds. The molecule has 0 unspecified atom stereocenters. The van der Waals surface area contributed by atoms with Crippen molar-refractivity contribution in [3.8, 4) is 5.75 Å². The van der Waals surface area contributed by atoms with Crippen LogP contribution in [-0.2, 0) is 9.53 Å². The quantitative estimate of drug-likeness (QED) is 0.718. The van der Waals surface area contributed by atoms with Crippen LogP contribution in [0.4, 0.5) is 5.69 Å². The van der Waals surface area contributed by atoms with Gasteiger partial charge in [-0.1, -0.05) is 0 Å². The molecule has 2 rings (SSSR count). The molecule has 1 atom stereocenters. The summed E-state index contributed by atoms with van der Waals surface area (Å²) in [5.74, 6) is -1.65. The Hall–Kier alpha value is -2.08. The molecule has 0 aromatic heterocycles. The minimum absolute atomic E-state index is 0.0328. The first-order valence-corrected chi connectivity index (χ1v) is 6.04. The molecule has 1 aliphatic heterocycles. The number of ether oxygens (including phenoxy) is 1. The number of phenolic OH excluding ortho intramolecular Hbond substituents is 1. The first kappa shape index (κ1) is 13.4. The fraction of sp³-hybridized carbons (Fsp3) is 0.385. The summed E-state index contributed by atoms with van der Waals surface area (Å²) >= 11 is 0. The van der Waals surface area contributed by atoms with Crippen molar-refractivity contribution >= 4 is 17.6 Å². The minimum atomic E-state index is -1.13. The number of carboxylic acid groups (broad SMARTS) is 1. The lowest BCUT2D eigenvalue weighted by Gasteiger charge is -2.11. The first-order valence-electron chi connectivity index (χ1n) is 6.04. The zero-order valence-electron chi connectivity index (χ0n) is 10.3. The number of nitrogens with one attached hydrogen (secondary N) is 1. The Morgan fingerprint density at radius 3 is 2.79 bits per heavy atom. The summed E-state index contributed by atoms with van der Waals surface area (Å²) in [7, 11) is 0. The maximum absolute atomic E-state index is 11.7. The summed E-state index contributed by atoms with van der Waals surface area (Å²) in [6.07, 6.45) is 1.98. The molecule has 6 heteroatoms. The Labute approximate surface area is 110 Å². The van der Waals surface area contributed by atoms with Crippen molar-refractivity contribution in [2.75, 3.05) is 11.9 Å². The molecule has 0 aliphatic carbocycles. The van der Waals surface area contributed by atoms with Crippen molar-refractivity contribution in [1.82, 2.24) is 0 Å². The molecule has 1 aromatic carbocycles. The lowest BCUT2D eigenvalue weighted by atomic mass is 10.1. The fourth-order valence-corrected chi connectivity index (χ4v) is 1.98. The lowest BCUT2D eigenvalue weighted by Crippen LogP contribution is -2.19. The Morgan fingerprint density at radius 2 is 2.21 bits per heavy atom. The molecule has 1 saturated heterocycles. The predicted octanol–water partition coefficient (Wildman–Crippen LogP) is 1.60. The maximum atomic E-state index is 11.7. The average Bonchev–Trinajstić information content (AvgIpc) is 2.84. The molecule has 1 fully saturated rings. The largest absolute Gasteiger partial charge is 0.506 e. The summed E-state index contributed by atoms with van der Waals surface area (Å²) in [6.45, 7) is 0.677. The van der Waals surface area contributed by atoms with Gasteiger partial charge in [0.05, 0.1) is 23.8 Å². The standard InChI is InChI=1S/C13H15NO5/c15-11-6-8(13(17)18)3-4-10(11)14-12(16)7-9-2-1-5-19-9/h3-4,6,9,15H,1-2,5,7H2,(H,14,16)(H,17,18)/t9-/m1/s1. The molecule has 0 bridgehead atoms. The second-order valence-electron chi connectivity index (χ2n) is 4.42. The second kappa shape index (κ2) is 5.71. The number of anilines is 1. The van der Waals surface area contributed by atoms with Gasteiger partial charge in [0.25, 0.3) is 0 Å². The van der Waals surface area contributed by atoms with E-state index in [1.165, 1.54) is 12.1 Å². The van der Waals surface area contributed by atoms with Crippen molar-refractivity contribution in [1.29, 1.82) is 0 Å². The molecule has 102 valence electrons. The summed E-state index contributed by atoms with van der Waals surface area (Å²) < 4.78 is 5.34. The minimum Gasteiger partial charge on any atom is -0.506 e. The smallest absolute Gasteiger partial charge is 0.335 e. The van der Waals surface area contributed by atoms with E-state index < -0.39 is 5.97 Å². The Kier molecular flexibility index (Phi) is 4.01. The van der Waals surface area contributed by atoms with Crippen molar-refractivity contribution in [2.45, 2.75) is 25.4 Å². The first-order chi connectivity index (χ1) is 9.06. The summed E-state index contributed by atoms with van der Waals surface area (Å²) in [5, 5.41) is 20.9. The van der Waals surface area contributed by atoms with Crippen LogP contribution < -0.4 is 5.32 Å². The van der Waals surface area contributed by atoms with E-state index in [0.29, 0.717) is 6.61 Å². The highest BCUT2D eigenvalue weighted by molar-refractivity contribution is 5.94. The van der Waals surface area contributed by atoms with Crippen LogP contribution in [0.3, 0.4) is 0 Å². The van der Waals surface area contributed by atoms with Gasteiger partial charge in [0.15, 0.2) is 0 Å². The molecular formula is C13H15NO5. The van der Waals surface area contributed by atoms with E-state index in [-0.39, 0.29) is 35.4 Å². The van der Waals surface area contributed by atoms with Crippen LogP contribution >= 0.6 is 0 Å². The van der Waals surface area contributed by atoms with Gasteiger partial charge in [-0.2, -0.15) is 0 Å². The van der Waals surface area contributed by atoms with Gasteiger partial charge < -0.3 is 20.3 Å². The van der Waals surface area contributed by atoms with Gasteiger partial charge in [0, 0.05) is 6.61 Å². The van der Waals surface area contributed by atoms with Crippen LogP contribution in [0.15, 0.2) is 18.2 Å². The number of benzene rings is 1. The van der Waals surface area contributed by atoms with E-state index in [1.54, 1.807) is 0 Å². The van der Waals surface area contributed by atoms with Crippen LogP contribution in [0.2, 0.25) is 0 Å². The zero-order chi connectivity index (χ0) is 13.8. The number of phenols is 1. The van der Waals surface area contributed by atoms with E-state index >= 15 is 0 Å². The van der Waals surface area contributed by atoms with Crippen molar-refractivity contribution < 1.29 is 24.5 Å². The lowest BCUT2D eigenvalue weighted by molar-refractivity contribution is -0.118. The van der Waals surface area contributed by atoms with Gasteiger partial charge in [0.2, 0.25) is 5.91 Å². The van der Waals surface area contributed by atoms with Crippen LogP contribution in [0.25, 0.3) is 0 Å². The molecular weight excluding hydrogens is 250 g/mol. The number of aromatic carboxylic acids is 1. The number of amides is 1. The van der Waals surface area contributed by atoms with E-state index in [4.69, 9.17) is 9.84 Å². The molecule has 6 nitrogen and oxygen atoms in total. The molecule has 3 N–H and O–H groups in total. The monoisotopic (exact) mass is 265 g/mol. The van der Waals surface area contributed by atoms with Crippen LogP contribution in [0, 0.1) is 0 Å². The summed E-state index contributed by atoms with van der Waals surface area (Å²) in [6, 6.07) is 3.79. The zero-order valence-corrected chi connectivity index (χ0v) is 10.3. The highest BCUT2D eigenvalue weighted by atomic mass is 16.5. The highest BCUT2D eigenvalue weighted by Gasteiger charge is 2.19. The number of carbonyl (C=O) groups excluding carboxylic acids is 1. The third-order valence-corrected chi connectivity index (χ3v) is 2.96. The average molecular weight is 265 g/mol. The van der Waals surface area contributed by atoms with Crippen LogP contribution in [-0.4, -0.2) is 34.8 Å². The Morgan fingerprint density at radius 1 is 1.42 bits per heavy atom. The molecule has 0 radical (unpaired) electrons. The highest BCUT2D eigenvalue weighted by Crippen LogP contribution is 2.25. The normalized spacial score (nSPS) is 18.2. The van der Waals surface area contributed by atoms with E-state index in [0.717, 1.165) is 18.9 Å². The predicted molar refractivity (Wildman–Crippen MR) is 67.3 cm³/mol. The summed E-state index contributed by atoms with van der Waals surface area (Å²) in [5.41, 5.74) is 0.169. The SMILES string of the molecule is O=C(C[C@H]1CCCO1)Nc1ccc(C(=O)O)cc1O. The van der Waals surface area contributed by atoms with Crippen LogP contribution in [0.5, 0.6) is 5.75 Å². The number of rotatable bonds is 4. The van der Waals surface area contributed by atoms with Crippen molar-refractivity contribution in [3.63, 3.8) is 0 Å². The van der Waals surface area contributed by atoms with Gasteiger partial charge in [-0.05, 0) is 31.0 Å². The van der Waals surface area contributed by atoms with Gasteiger partial charge in [0.1, 0.15) is 5.75 Å². The van der Waals surface area contributed by atoms with Crippen molar-refractivity contribution in [2.24, 2.45) is 0 Å². The van der Waals surface area contributed by atoms with E-state index in [1.807, 2.05) is 0 Å². The number of aromatic hydroxyl groups is 1. The molecule has 19 heavy (non-hydrogen) atoms.